The molecule has 7 nitrogen and oxygen atoms in total. The van der Waals surface area contributed by atoms with E-state index in [0.717, 1.165) is 6.42 Å². The third-order valence-electron chi connectivity index (χ3n) is 3.00. The molecule has 0 unspecified atom stereocenters. The van der Waals surface area contributed by atoms with Crippen LogP contribution in [0.1, 0.15) is 37.6 Å². The number of carbonyl (C=O) groups excluding carboxylic acids is 3. The highest BCUT2D eigenvalue weighted by Crippen LogP contribution is 2.18. The van der Waals surface area contributed by atoms with Crippen LogP contribution < -0.4 is 15.4 Å². The first-order valence-corrected chi connectivity index (χ1v) is 7.90. The van der Waals surface area contributed by atoms with Crippen LogP contribution in [0.25, 0.3) is 0 Å². The average molecular weight is 336 g/mol. The Morgan fingerprint density at radius 3 is 2.54 bits per heavy atom. The van der Waals surface area contributed by atoms with Crippen LogP contribution in [0.5, 0.6) is 5.75 Å². The summed E-state index contributed by atoms with van der Waals surface area (Å²) >= 11 is 0. The molecule has 0 radical (unpaired) electrons. The monoisotopic (exact) mass is 336 g/mol. The molecule has 1 aromatic carbocycles. The lowest BCUT2D eigenvalue weighted by Crippen LogP contribution is -2.42. The van der Waals surface area contributed by atoms with Gasteiger partial charge in [0, 0.05) is 6.54 Å². The molecule has 1 aromatic rings. The molecule has 24 heavy (non-hydrogen) atoms. The summed E-state index contributed by atoms with van der Waals surface area (Å²) in [5.74, 6) is -0.544. The predicted octanol–water partition coefficient (Wildman–Crippen LogP) is 2.11. The number of rotatable bonds is 8. The van der Waals surface area contributed by atoms with Gasteiger partial charge in [0.05, 0.1) is 6.61 Å². The molecule has 0 bridgehead atoms. The minimum absolute atomic E-state index is 0.230. The van der Waals surface area contributed by atoms with Crippen molar-refractivity contribution in [1.29, 1.82) is 0 Å². The van der Waals surface area contributed by atoms with Gasteiger partial charge in [-0.3, -0.25) is 10.1 Å². The van der Waals surface area contributed by atoms with E-state index in [0.29, 0.717) is 24.8 Å². The number of nitrogens with one attached hydrogen (secondary N) is 2. The van der Waals surface area contributed by atoms with Gasteiger partial charge in [0.25, 0.3) is 5.91 Å². The van der Waals surface area contributed by atoms with Crippen LogP contribution in [-0.4, -0.2) is 37.7 Å². The Labute approximate surface area is 141 Å². The Morgan fingerprint density at radius 1 is 1.17 bits per heavy atom. The second-order valence-corrected chi connectivity index (χ2v) is 5.49. The molecule has 0 aliphatic carbocycles. The molecule has 0 spiro atoms. The lowest BCUT2D eigenvalue weighted by molar-refractivity contribution is -0.123. The SMILES string of the molecule is CCOc1ccccc1C(=O)OCC(=O)NC(=O)NCCC(C)C. The van der Waals surface area contributed by atoms with Crippen LogP contribution in [0.15, 0.2) is 24.3 Å². The van der Waals surface area contributed by atoms with Crippen LogP contribution >= 0.6 is 0 Å². The van der Waals surface area contributed by atoms with Gasteiger partial charge in [0.2, 0.25) is 0 Å². The quantitative estimate of drug-likeness (QED) is 0.709. The molecular weight excluding hydrogens is 312 g/mol. The molecule has 3 amide bonds. The number of urea groups is 1. The highest BCUT2D eigenvalue weighted by molar-refractivity contribution is 5.97. The van der Waals surface area contributed by atoms with E-state index >= 15 is 0 Å². The lowest BCUT2D eigenvalue weighted by Gasteiger charge is -2.10. The van der Waals surface area contributed by atoms with Gasteiger partial charge in [0.15, 0.2) is 6.61 Å². The number of ether oxygens (including phenoxy) is 2. The highest BCUT2D eigenvalue weighted by Gasteiger charge is 2.16. The molecular formula is C17H24N2O5. The van der Waals surface area contributed by atoms with Gasteiger partial charge < -0.3 is 14.8 Å². The molecule has 2 N–H and O–H groups in total. The minimum atomic E-state index is -0.695. The molecule has 0 saturated carbocycles. The minimum Gasteiger partial charge on any atom is -0.493 e. The molecule has 0 heterocycles. The molecule has 0 aliphatic heterocycles. The predicted molar refractivity (Wildman–Crippen MR) is 88.9 cm³/mol. The molecule has 132 valence electrons. The van der Waals surface area contributed by atoms with Crippen LogP contribution in [0, 0.1) is 5.92 Å². The summed E-state index contributed by atoms with van der Waals surface area (Å²) in [6, 6.07) is 5.98. The largest absolute Gasteiger partial charge is 0.493 e. The van der Waals surface area contributed by atoms with Crippen molar-refractivity contribution in [2.75, 3.05) is 19.8 Å². The molecule has 0 fully saturated rings. The third-order valence-corrected chi connectivity index (χ3v) is 3.00. The number of carbonyl (C=O) groups is 3. The number of hydrogen-bond acceptors (Lipinski definition) is 5. The maximum Gasteiger partial charge on any atom is 0.342 e. The van der Waals surface area contributed by atoms with Crippen molar-refractivity contribution in [3.05, 3.63) is 29.8 Å². The molecule has 0 saturated heterocycles. The Kier molecular flexibility index (Phi) is 8.32. The third kappa shape index (κ3) is 7.13. The first-order chi connectivity index (χ1) is 11.4. The van der Waals surface area contributed by atoms with Crippen molar-refractivity contribution in [2.45, 2.75) is 27.2 Å². The first-order valence-electron chi connectivity index (χ1n) is 7.90. The first kappa shape index (κ1) is 19.5. The number of amides is 3. The summed E-state index contributed by atoms with van der Waals surface area (Å²) in [4.78, 5) is 35.1. The van der Waals surface area contributed by atoms with Crippen LogP contribution in [0.3, 0.4) is 0 Å². The Morgan fingerprint density at radius 2 is 1.88 bits per heavy atom. The Hall–Kier alpha value is -2.57. The van der Waals surface area contributed by atoms with Crippen LogP contribution in [0.2, 0.25) is 0 Å². The number of esters is 1. The van der Waals surface area contributed by atoms with Gasteiger partial charge in [-0.15, -0.1) is 0 Å². The number of para-hydroxylation sites is 1. The zero-order chi connectivity index (χ0) is 17.9. The van der Waals surface area contributed by atoms with Gasteiger partial charge in [-0.1, -0.05) is 26.0 Å². The van der Waals surface area contributed by atoms with Gasteiger partial charge in [-0.25, -0.2) is 9.59 Å². The van der Waals surface area contributed by atoms with Crippen LogP contribution in [-0.2, 0) is 9.53 Å². The van der Waals surface area contributed by atoms with Crippen molar-refractivity contribution in [3.8, 4) is 5.75 Å². The molecule has 0 aromatic heterocycles. The Bertz CT molecular complexity index is 572. The fourth-order valence-electron chi connectivity index (χ4n) is 1.81. The van der Waals surface area contributed by atoms with Gasteiger partial charge in [-0.05, 0) is 31.4 Å². The number of imide groups is 1. The smallest absolute Gasteiger partial charge is 0.342 e. The van der Waals surface area contributed by atoms with E-state index in [1.54, 1.807) is 31.2 Å². The van der Waals surface area contributed by atoms with E-state index in [-0.39, 0.29) is 5.56 Å². The van der Waals surface area contributed by atoms with Crippen LogP contribution in [0.4, 0.5) is 4.79 Å². The van der Waals surface area contributed by atoms with E-state index in [1.807, 2.05) is 13.8 Å². The summed E-state index contributed by atoms with van der Waals surface area (Å²) in [5.41, 5.74) is 0.230. The summed E-state index contributed by atoms with van der Waals surface area (Å²) < 4.78 is 10.2. The van der Waals surface area contributed by atoms with Crippen molar-refractivity contribution in [1.82, 2.24) is 10.6 Å². The topological polar surface area (TPSA) is 93.7 Å². The fraction of sp³-hybridized carbons (Fsp3) is 0.471. The van der Waals surface area contributed by atoms with Gasteiger partial charge in [0.1, 0.15) is 11.3 Å². The fourth-order valence-corrected chi connectivity index (χ4v) is 1.81. The number of benzene rings is 1. The molecule has 0 atom stereocenters. The highest BCUT2D eigenvalue weighted by atomic mass is 16.5. The van der Waals surface area contributed by atoms with E-state index in [4.69, 9.17) is 9.47 Å². The second kappa shape index (κ2) is 10.3. The molecule has 0 aliphatic rings. The van der Waals surface area contributed by atoms with Crippen molar-refractivity contribution in [3.63, 3.8) is 0 Å². The van der Waals surface area contributed by atoms with Crippen molar-refractivity contribution < 1.29 is 23.9 Å². The van der Waals surface area contributed by atoms with Crippen molar-refractivity contribution >= 4 is 17.9 Å². The zero-order valence-electron chi connectivity index (χ0n) is 14.3. The summed E-state index contributed by atoms with van der Waals surface area (Å²) in [7, 11) is 0. The normalized spacial score (nSPS) is 10.2. The van der Waals surface area contributed by atoms with E-state index in [9.17, 15) is 14.4 Å². The summed E-state index contributed by atoms with van der Waals surface area (Å²) in [6.07, 6.45) is 0.810. The Balaban J connectivity index is 2.41. The van der Waals surface area contributed by atoms with E-state index in [2.05, 4.69) is 10.6 Å². The van der Waals surface area contributed by atoms with Gasteiger partial charge in [-0.2, -0.15) is 0 Å². The maximum absolute atomic E-state index is 12.0. The lowest BCUT2D eigenvalue weighted by atomic mass is 10.1. The maximum atomic E-state index is 12.0. The molecule has 7 heteroatoms. The molecule has 1 rings (SSSR count). The van der Waals surface area contributed by atoms with Gasteiger partial charge >= 0.3 is 12.0 Å². The average Bonchev–Trinajstić information content (AvgIpc) is 2.53. The number of hydrogen-bond donors (Lipinski definition) is 2. The second-order valence-electron chi connectivity index (χ2n) is 5.49. The summed E-state index contributed by atoms with van der Waals surface area (Å²) in [5, 5.41) is 4.66. The zero-order valence-corrected chi connectivity index (χ0v) is 14.3. The van der Waals surface area contributed by atoms with E-state index in [1.165, 1.54) is 0 Å². The van der Waals surface area contributed by atoms with E-state index < -0.39 is 24.5 Å². The standard InChI is InChI=1S/C17H24N2O5/c1-4-23-14-8-6-5-7-13(14)16(21)24-11-15(20)19-17(22)18-10-9-12(2)3/h5-8,12H,4,9-11H2,1-3H3,(H2,18,19,20,22). The van der Waals surface area contributed by atoms with Crippen molar-refractivity contribution in [2.24, 2.45) is 5.92 Å². The summed E-state index contributed by atoms with van der Waals surface area (Å²) in [6.45, 7) is 6.19.